The summed E-state index contributed by atoms with van der Waals surface area (Å²) in [5.41, 5.74) is 0.397. The number of hydrogen-bond acceptors (Lipinski definition) is 4. The maximum atomic E-state index is 13.7. The Morgan fingerprint density at radius 3 is 2.57 bits per heavy atom. The largest absolute Gasteiger partial charge is 0.360 e. The topological polar surface area (TPSA) is 35.6 Å². The molecule has 1 N–H and O–H groups in total. The van der Waals surface area contributed by atoms with E-state index in [9.17, 15) is 9.18 Å². The Kier molecular flexibility index (Phi) is 4.88. The van der Waals surface area contributed by atoms with Crippen molar-refractivity contribution in [2.24, 2.45) is 0 Å². The second kappa shape index (κ2) is 7.06. The number of nitrogens with one attached hydrogen (secondary N) is 1. The van der Waals surface area contributed by atoms with Gasteiger partial charge in [-0.25, -0.2) is 4.39 Å². The maximum Gasteiger partial charge on any atom is 0.173 e. The van der Waals surface area contributed by atoms with E-state index in [2.05, 4.69) is 10.2 Å². The molecule has 7 heteroatoms. The van der Waals surface area contributed by atoms with Crippen LogP contribution in [0.15, 0.2) is 36.4 Å². The number of piperazine rings is 1. The number of hydrogen-bond donors (Lipinski definition) is 1. The first-order valence-electron chi connectivity index (χ1n) is 7.28. The molecule has 1 aromatic carbocycles. The number of para-hydroxylation sites is 1. The van der Waals surface area contributed by atoms with E-state index in [-0.39, 0.29) is 5.82 Å². The predicted octanol–water partition coefficient (Wildman–Crippen LogP) is 3.22. The fraction of sp³-hybridized carbons (Fsp3) is 0.250. The molecule has 0 radical (unpaired) electrons. The van der Waals surface area contributed by atoms with E-state index in [1.165, 1.54) is 17.4 Å². The van der Waals surface area contributed by atoms with Crippen LogP contribution in [0.3, 0.4) is 0 Å². The molecule has 1 saturated heterocycles. The Balaban J connectivity index is 1.57. The van der Waals surface area contributed by atoms with Gasteiger partial charge in [0.2, 0.25) is 0 Å². The number of thiophene rings is 1. The third kappa shape index (κ3) is 3.68. The van der Waals surface area contributed by atoms with Gasteiger partial charge >= 0.3 is 0 Å². The van der Waals surface area contributed by atoms with Crippen LogP contribution >= 0.6 is 23.6 Å². The first-order chi connectivity index (χ1) is 11.2. The van der Waals surface area contributed by atoms with Crippen LogP contribution in [-0.4, -0.2) is 42.5 Å². The van der Waals surface area contributed by atoms with Crippen LogP contribution in [0.1, 0.15) is 9.67 Å². The van der Waals surface area contributed by atoms with Crippen LogP contribution in [0.4, 0.5) is 15.1 Å². The monoisotopic (exact) mass is 349 g/mol. The minimum Gasteiger partial charge on any atom is -0.360 e. The molecule has 2 heterocycles. The van der Waals surface area contributed by atoms with Crippen molar-refractivity contribution < 1.29 is 9.18 Å². The molecule has 0 saturated carbocycles. The highest BCUT2D eigenvalue weighted by atomic mass is 32.1. The van der Waals surface area contributed by atoms with Gasteiger partial charge in [0.1, 0.15) is 5.82 Å². The van der Waals surface area contributed by atoms with Crippen LogP contribution < -0.4 is 10.2 Å². The maximum absolute atomic E-state index is 13.7. The first-order valence-corrected chi connectivity index (χ1v) is 8.50. The molecule has 4 nitrogen and oxygen atoms in total. The van der Waals surface area contributed by atoms with Gasteiger partial charge in [-0.3, -0.25) is 4.79 Å². The van der Waals surface area contributed by atoms with E-state index in [4.69, 9.17) is 12.2 Å². The lowest BCUT2D eigenvalue weighted by Gasteiger charge is -2.36. The average molecular weight is 349 g/mol. The number of nitrogens with zero attached hydrogens (tertiary/aromatic N) is 2. The highest BCUT2D eigenvalue weighted by Crippen LogP contribution is 2.26. The molecule has 2 aromatic rings. The number of anilines is 2. The summed E-state index contributed by atoms with van der Waals surface area (Å²) in [4.78, 5) is 15.8. The van der Waals surface area contributed by atoms with Crippen LogP contribution in [0.25, 0.3) is 0 Å². The lowest BCUT2D eigenvalue weighted by atomic mass is 10.3. The molecule has 0 amide bonds. The summed E-state index contributed by atoms with van der Waals surface area (Å²) in [5.74, 6) is -0.312. The van der Waals surface area contributed by atoms with Crippen LogP contribution in [0, 0.1) is 5.82 Å². The molecule has 1 aromatic heterocycles. The van der Waals surface area contributed by atoms with E-state index in [1.54, 1.807) is 18.2 Å². The van der Waals surface area contributed by atoms with Gasteiger partial charge in [-0.15, -0.1) is 11.3 Å². The summed E-state index contributed by atoms with van der Waals surface area (Å²) in [6.07, 6.45) is 0.873. The van der Waals surface area contributed by atoms with Crippen molar-refractivity contribution in [2.45, 2.75) is 0 Å². The standard InChI is InChI=1S/C16H16FN3OS2/c17-13-3-1-2-4-14(13)18-16(22)20-9-7-19(8-10-20)15-6-5-12(11-21)23-15/h1-6,11H,7-10H2,(H,18,22). The molecular formula is C16H16FN3OS2. The Morgan fingerprint density at radius 2 is 1.91 bits per heavy atom. The van der Waals surface area contributed by atoms with Crippen molar-refractivity contribution >= 4 is 45.6 Å². The van der Waals surface area contributed by atoms with Gasteiger partial charge in [-0.2, -0.15) is 0 Å². The van der Waals surface area contributed by atoms with Gasteiger partial charge in [0.15, 0.2) is 11.4 Å². The lowest BCUT2D eigenvalue weighted by Crippen LogP contribution is -2.49. The molecule has 0 spiro atoms. The van der Waals surface area contributed by atoms with Gasteiger partial charge in [-0.1, -0.05) is 12.1 Å². The quantitative estimate of drug-likeness (QED) is 0.680. The third-order valence-corrected chi connectivity index (χ3v) is 5.15. The molecule has 23 heavy (non-hydrogen) atoms. The molecular weight excluding hydrogens is 333 g/mol. The van der Waals surface area contributed by atoms with Crippen LogP contribution in [0.5, 0.6) is 0 Å². The van der Waals surface area contributed by atoms with Gasteiger partial charge in [-0.05, 0) is 36.5 Å². The van der Waals surface area contributed by atoms with E-state index in [0.717, 1.165) is 42.3 Å². The van der Waals surface area contributed by atoms with Gasteiger partial charge < -0.3 is 15.1 Å². The van der Waals surface area contributed by atoms with Crippen molar-refractivity contribution in [3.05, 3.63) is 47.1 Å². The van der Waals surface area contributed by atoms with E-state index < -0.39 is 0 Å². The predicted molar refractivity (Wildman–Crippen MR) is 96.1 cm³/mol. The zero-order valence-electron chi connectivity index (χ0n) is 12.4. The van der Waals surface area contributed by atoms with Crippen LogP contribution in [-0.2, 0) is 0 Å². The second-order valence-corrected chi connectivity index (χ2v) is 6.66. The molecule has 3 rings (SSSR count). The van der Waals surface area contributed by atoms with Gasteiger partial charge in [0, 0.05) is 26.2 Å². The molecule has 0 bridgehead atoms. The summed E-state index contributed by atoms with van der Waals surface area (Å²) < 4.78 is 13.7. The fourth-order valence-corrected chi connectivity index (χ4v) is 3.63. The van der Waals surface area contributed by atoms with Crippen LogP contribution in [0.2, 0.25) is 0 Å². The SMILES string of the molecule is O=Cc1ccc(N2CCN(C(=S)Nc3ccccc3F)CC2)s1. The normalized spacial score (nSPS) is 14.7. The van der Waals surface area contributed by atoms with E-state index in [0.29, 0.717) is 10.8 Å². The Bertz CT molecular complexity index is 711. The number of halogens is 1. The summed E-state index contributed by atoms with van der Waals surface area (Å²) in [6.45, 7) is 3.15. The lowest BCUT2D eigenvalue weighted by molar-refractivity contribution is 0.112. The summed E-state index contributed by atoms with van der Waals surface area (Å²) in [5, 5.41) is 4.60. The minimum atomic E-state index is -0.312. The number of aldehydes is 1. The third-order valence-electron chi connectivity index (χ3n) is 3.72. The number of carbonyl (C=O) groups excluding carboxylic acids is 1. The number of rotatable bonds is 3. The number of benzene rings is 1. The number of carbonyl (C=O) groups is 1. The van der Waals surface area contributed by atoms with Crippen molar-refractivity contribution in [3.63, 3.8) is 0 Å². The zero-order valence-corrected chi connectivity index (χ0v) is 14.0. The molecule has 0 aliphatic carbocycles. The van der Waals surface area contributed by atoms with Gasteiger partial charge in [0.25, 0.3) is 0 Å². The van der Waals surface area contributed by atoms with Crippen molar-refractivity contribution in [2.75, 3.05) is 36.4 Å². The highest BCUT2D eigenvalue weighted by molar-refractivity contribution is 7.80. The average Bonchev–Trinajstić information content (AvgIpc) is 3.06. The van der Waals surface area contributed by atoms with E-state index >= 15 is 0 Å². The van der Waals surface area contributed by atoms with Gasteiger partial charge in [0.05, 0.1) is 15.6 Å². The molecule has 1 aliphatic heterocycles. The Morgan fingerprint density at radius 1 is 1.17 bits per heavy atom. The molecule has 0 atom stereocenters. The first kappa shape index (κ1) is 15.9. The molecule has 0 unspecified atom stereocenters. The van der Waals surface area contributed by atoms with E-state index in [1.807, 2.05) is 17.0 Å². The Hall–Kier alpha value is -1.99. The van der Waals surface area contributed by atoms with Crippen molar-refractivity contribution in [3.8, 4) is 0 Å². The zero-order chi connectivity index (χ0) is 16.2. The summed E-state index contributed by atoms with van der Waals surface area (Å²) in [7, 11) is 0. The summed E-state index contributed by atoms with van der Waals surface area (Å²) in [6, 6.07) is 10.3. The molecule has 120 valence electrons. The van der Waals surface area contributed by atoms with Crippen molar-refractivity contribution in [1.29, 1.82) is 0 Å². The molecule has 1 fully saturated rings. The highest BCUT2D eigenvalue weighted by Gasteiger charge is 2.20. The minimum absolute atomic E-state index is 0.312. The second-order valence-electron chi connectivity index (χ2n) is 5.18. The fourth-order valence-electron chi connectivity index (χ4n) is 2.46. The Labute approximate surface area is 143 Å². The molecule has 1 aliphatic rings. The number of thiocarbonyl (C=S) groups is 1. The smallest absolute Gasteiger partial charge is 0.173 e. The van der Waals surface area contributed by atoms with Crippen molar-refractivity contribution in [1.82, 2.24) is 4.90 Å². The summed E-state index contributed by atoms with van der Waals surface area (Å²) >= 11 is 6.87.